The summed E-state index contributed by atoms with van der Waals surface area (Å²) in [5.74, 6) is -0.651. The van der Waals surface area contributed by atoms with Gasteiger partial charge in [-0.05, 0) is 26.3 Å². The Morgan fingerprint density at radius 3 is 2.21 bits per heavy atom. The van der Waals surface area contributed by atoms with Crippen molar-refractivity contribution in [2.24, 2.45) is 0 Å². The molecule has 0 aliphatic carbocycles. The molecular formula is C16H23N3O5. The molecule has 8 nitrogen and oxygen atoms in total. The van der Waals surface area contributed by atoms with Crippen molar-refractivity contribution in [1.29, 1.82) is 0 Å². The fourth-order valence-electron chi connectivity index (χ4n) is 2.84. The summed E-state index contributed by atoms with van der Waals surface area (Å²) in [5.41, 5.74) is 1.97. The zero-order valence-corrected chi connectivity index (χ0v) is 14.5. The molecule has 1 aliphatic heterocycles. The molecule has 132 valence electrons. The van der Waals surface area contributed by atoms with Crippen LogP contribution in [0, 0.1) is 13.8 Å². The molecule has 2 amide bonds. The number of carbonyl (C=O) groups excluding carboxylic acids is 3. The van der Waals surface area contributed by atoms with Gasteiger partial charge >= 0.3 is 12.1 Å². The van der Waals surface area contributed by atoms with Crippen LogP contribution in [0.3, 0.4) is 0 Å². The second-order valence-corrected chi connectivity index (χ2v) is 5.59. The van der Waals surface area contributed by atoms with E-state index in [2.05, 4.69) is 4.98 Å². The molecule has 24 heavy (non-hydrogen) atoms. The van der Waals surface area contributed by atoms with Gasteiger partial charge in [0, 0.05) is 31.9 Å². The van der Waals surface area contributed by atoms with Crippen molar-refractivity contribution in [3.05, 3.63) is 22.5 Å². The molecule has 0 atom stereocenters. The fraction of sp³-hybridized carbons (Fsp3) is 0.562. The van der Waals surface area contributed by atoms with Gasteiger partial charge in [-0.1, -0.05) is 0 Å². The van der Waals surface area contributed by atoms with Gasteiger partial charge < -0.3 is 24.3 Å². The van der Waals surface area contributed by atoms with E-state index in [-0.39, 0.29) is 12.0 Å². The Morgan fingerprint density at radius 1 is 1.08 bits per heavy atom. The molecule has 2 heterocycles. The van der Waals surface area contributed by atoms with Gasteiger partial charge in [0.1, 0.15) is 5.69 Å². The van der Waals surface area contributed by atoms with Crippen LogP contribution in [0.1, 0.15) is 39.0 Å². The van der Waals surface area contributed by atoms with E-state index in [0.29, 0.717) is 55.3 Å². The molecular weight excluding hydrogens is 314 g/mol. The number of aryl methyl sites for hydroxylation is 1. The Kier molecular flexibility index (Phi) is 5.48. The standard InChI is InChI=1S/C16H23N3O5/c1-5-24-16(22)19-8-6-18(7-9-19)14(20)13-10(2)12(11(3)17-13)15(21)23-4/h17H,5-9H2,1-4H3. The van der Waals surface area contributed by atoms with Crippen LogP contribution in [-0.2, 0) is 9.47 Å². The van der Waals surface area contributed by atoms with Crippen LogP contribution in [0.4, 0.5) is 4.79 Å². The Labute approximate surface area is 140 Å². The summed E-state index contributed by atoms with van der Waals surface area (Å²) < 4.78 is 9.72. The van der Waals surface area contributed by atoms with E-state index in [9.17, 15) is 14.4 Å². The average Bonchev–Trinajstić information content (AvgIpc) is 2.88. The first kappa shape index (κ1) is 17.8. The summed E-state index contributed by atoms with van der Waals surface area (Å²) in [5, 5.41) is 0. The summed E-state index contributed by atoms with van der Waals surface area (Å²) in [6.45, 7) is 7.22. The van der Waals surface area contributed by atoms with Crippen LogP contribution in [0.15, 0.2) is 0 Å². The number of aromatic amines is 1. The van der Waals surface area contributed by atoms with E-state index in [1.807, 2.05) is 0 Å². The largest absolute Gasteiger partial charge is 0.465 e. The van der Waals surface area contributed by atoms with Crippen LogP contribution < -0.4 is 0 Å². The number of aromatic nitrogens is 1. The normalized spacial score (nSPS) is 14.5. The van der Waals surface area contributed by atoms with Crippen LogP contribution in [0.25, 0.3) is 0 Å². The van der Waals surface area contributed by atoms with Crippen LogP contribution in [-0.4, -0.2) is 72.6 Å². The molecule has 0 saturated carbocycles. The number of esters is 1. The van der Waals surface area contributed by atoms with E-state index in [1.54, 1.807) is 30.6 Å². The predicted molar refractivity (Wildman–Crippen MR) is 86.1 cm³/mol. The number of ether oxygens (including phenoxy) is 2. The first-order chi connectivity index (χ1) is 11.4. The number of hydrogen-bond donors (Lipinski definition) is 1. The Hall–Kier alpha value is -2.51. The third kappa shape index (κ3) is 3.37. The highest BCUT2D eigenvalue weighted by Gasteiger charge is 2.29. The predicted octanol–water partition coefficient (Wildman–Crippen LogP) is 1.33. The van der Waals surface area contributed by atoms with Crippen molar-refractivity contribution in [2.45, 2.75) is 20.8 Å². The smallest absolute Gasteiger partial charge is 0.409 e. The SMILES string of the molecule is CCOC(=O)N1CCN(C(=O)c2[nH]c(C)c(C(=O)OC)c2C)CC1. The zero-order valence-electron chi connectivity index (χ0n) is 14.5. The highest BCUT2D eigenvalue weighted by molar-refractivity contribution is 6.00. The second-order valence-electron chi connectivity index (χ2n) is 5.59. The molecule has 0 spiro atoms. The Morgan fingerprint density at radius 2 is 1.67 bits per heavy atom. The van der Waals surface area contributed by atoms with Crippen LogP contribution in [0.5, 0.6) is 0 Å². The maximum atomic E-state index is 12.7. The van der Waals surface area contributed by atoms with Crippen LogP contribution in [0.2, 0.25) is 0 Å². The van der Waals surface area contributed by atoms with Crippen molar-refractivity contribution in [3.8, 4) is 0 Å². The minimum atomic E-state index is -0.465. The molecule has 2 rings (SSSR count). The molecule has 8 heteroatoms. The van der Waals surface area contributed by atoms with E-state index in [1.165, 1.54) is 7.11 Å². The monoisotopic (exact) mass is 337 g/mol. The Balaban J connectivity index is 2.09. The van der Waals surface area contributed by atoms with E-state index in [4.69, 9.17) is 9.47 Å². The molecule has 0 bridgehead atoms. The molecule has 0 unspecified atom stereocenters. The molecule has 0 radical (unpaired) electrons. The fourth-order valence-corrected chi connectivity index (χ4v) is 2.84. The minimum Gasteiger partial charge on any atom is -0.465 e. The number of hydrogen-bond acceptors (Lipinski definition) is 5. The van der Waals surface area contributed by atoms with Gasteiger partial charge in [-0.25, -0.2) is 9.59 Å². The molecule has 1 aromatic heterocycles. The number of carbonyl (C=O) groups is 3. The first-order valence-corrected chi connectivity index (χ1v) is 7.89. The third-order valence-corrected chi connectivity index (χ3v) is 4.13. The van der Waals surface area contributed by atoms with Gasteiger partial charge in [0.05, 0.1) is 19.3 Å². The van der Waals surface area contributed by atoms with Crippen molar-refractivity contribution >= 4 is 18.0 Å². The summed E-state index contributed by atoms with van der Waals surface area (Å²) >= 11 is 0. The summed E-state index contributed by atoms with van der Waals surface area (Å²) in [6.07, 6.45) is -0.357. The summed E-state index contributed by atoms with van der Waals surface area (Å²) in [7, 11) is 1.31. The first-order valence-electron chi connectivity index (χ1n) is 7.89. The number of H-pyrrole nitrogens is 1. The molecule has 1 aliphatic rings. The van der Waals surface area contributed by atoms with Gasteiger partial charge in [-0.15, -0.1) is 0 Å². The lowest BCUT2D eigenvalue weighted by Gasteiger charge is -2.34. The number of rotatable bonds is 3. The lowest BCUT2D eigenvalue weighted by atomic mass is 10.1. The zero-order chi connectivity index (χ0) is 17.9. The van der Waals surface area contributed by atoms with Crippen molar-refractivity contribution in [1.82, 2.24) is 14.8 Å². The number of nitrogens with one attached hydrogen (secondary N) is 1. The van der Waals surface area contributed by atoms with Gasteiger partial charge in [0.25, 0.3) is 5.91 Å². The lowest BCUT2D eigenvalue weighted by Crippen LogP contribution is -2.50. The van der Waals surface area contributed by atoms with Gasteiger partial charge in [-0.2, -0.15) is 0 Å². The summed E-state index contributed by atoms with van der Waals surface area (Å²) in [4.78, 5) is 42.5. The topological polar surface area (TPSA) is 91.9 Å². The van der Waals surface area contributed by atoms with Gasteiger partial charge in [0.15, 0.2) is 0 Å². The highest BCUT2D eigenvalue weighted by atomic mass is 16.6. The van der Waals surface area contributed by atoms with Crippen LogP contribution >= 0.6 is 0 Å². The number of amides is 2. The quantitative estimate of drug-likeness (QED) is 0.840. The lowest BCUT2D eigenvalue weighted by molar-refractivity contribution is 0.0565. The highest BCUT2D eigenvalue weighted by Crippen LogP contribution is 2.21. The van der Waals surface area contributed by atoms with E-state index < -0.39 is 5.97 Å². The molecule has 1 fully saturated rings. The van der Waals surface area contributed by atoms with Crippen molar-refractivity contribution in [2.75, 3.05) is 39.9 Å². The van der Waals surface area contributed by atoms with Crippen molar-refractivity contribution < 1.29 is 23.9 Å². The molecule has 1 saturated heterocycles. The molecule has 0 aromatic carbocycles. The van der Waals surface area contributed by atoms with Crippen molar-refractivity contribution in [3.63, 3.8) is 0 Å². The number of nitrogens with zero attached hydrogens (tertiary/aromatic N) is 2. The van der Waals surface area contributed by atoms with E-state index in [0.717, 1.165) is 0 Å². The molecule has 1 aromatic rings. The second kappa shape index (κ2) is 7.37. The number of piperazine rings is 1. The van der Waals surface area contributed by atoms with Gasteiger partial charge in [-0.3, -0.25) is 4.79 Å². The maximum Gasteiger partial charge on any atom is 0.409 e. The minimum absolute atomic E-state index is 0.186. The van der Waals surface area contributed by atoms with Gasteiger partial charge in [0.2, 0.25) is 0 Å². The summed E-state index contributed by atoms with van der Waals surface area (Å²) in [6, 6.07) is 0. The molecule has 1 N–H and O–H groups in total. The third-order valence-electron chi connectivity index (χ3n) is 4.13. The maximum absolute atomic E-state index is 12.7. The average molecular weight is 337 g/mol. The number of methoxy groups -OCH3 is 1. The van der Waals surface area contributed by atoms with E-state index >= 15 is 0 Å². The Bertz CT molecular complexity index is 644.